The molecule has 0 aliphatic heterocycles. The summed E-state index contributed by atoms with van der Waals surface area (Å²) in [5, 5.41) is 15.6. The maximum atomic E-state index is 13.4. The van der Waals surface area contributed by atoms with Gasteiger partial charge in [0, 0.05) is 19.2 Å². The number of aromatic nitrogens is 1. The van der Waals surface area contributed by atoms with Gasteiger partial charge >= 0.3 is 0 Å². The van der Waals surface area contributed by atoms with E-state index in [4.69, 9.17) is 0 Å². The zero-order valence-electron chi connectivity index (χ0n) is 17.5. The second kappa shape index (κ2) is 9.61. The molecule has 1 atom stereocenters. The van der Waals surface area contributed by atoms with Crippen LogP contribution in [-0.4, -0.2) is 56.9 Å². The Bertz CT molecular complexity index is 1040. The third kappa shape index (κ3) is 6.63. The Labute approximate surface area is 181 Å². The minimum atomic E-state index is -3.57. The SMILES string of the molecule is CN(c1cc(C(=O)N[C@H](CO)Cc2cccc(F)c2)cc(NCC2CC2)n1)S(C)(=O)=O. The van der Waals surface area contributed by atoms with E-state index in [0.717, 1.165) is 23.4 Å². The van der Waals surface area contributed by atoms with Crippen molar-refractivity contribution in [3.05, 3.63) is 53.3 Å². The lowest BCUT2D eigenvalue weighted by molar-refractivity contribution is 0.0916. The van der Waals surface area contributed by atoms with E-state index < -0.39 is 27.8 Å². The van der Waals surface area contributed by atoms with Gasteiger partial charge in [0.15, 0.2) is 0 Å². The minimum Gasteiger partial charge on any atom is -0.394 e. The van der Waals surface area contributed by atoms with Crippen LogP contribution in [-0.2, 0) is 16.4 Å². The van der Waals surface area contributed by atoms with Crippen LogP contribution in [0.5, 0.6) is 0 Å². The van der Waals surface area contributed by atoms with Crippen LogP contribution in [0.1, 0.15) is 28.8 Å². The van der Waals surface area contributed by atoms with Crippen LogP contribution in [0.2, 0.25) is 0 Å². The Morgan fingerprint density at radius 2 is 2.06 bits per heavy atom. The number of aliphatic hydroxyl groups excluding tert-OH is 1. The van der Waals surface area contributed by atoms with Crippen LogP contribution in [0.15, 0.2) is 36.4 Å². The number of aliphatic hydroxyl groups is 1. The Morgan fingerprint density at radius 3 is 2.68 bits per heavy atom. The summed E-state index contributed by atoms with van der Waals surface area (Å²) < 4.78 is 38.3. The first-order valence-electron chi connectivity index (χ1n) is 10.0. The van der Waals surface area contributed by atoms with Crippen molar-refractivity contribution in [2.24, 2.45) is 5.92 Å². The molecule has 0 radical (unpaired) electrons. The second-order valence-corrected chi connectivity index (χ2v) is 9.85. The number of hydrogen-bond acceptors (Lipinski definition) is 6. The molecule has 168 valence electrons. The van der Waals surface area contributed by atoms with E-state index in [0.29, 0.717) is 23.8 Å². The van der Waals surface area contributed by atoms with E-state index in [-0.39, 0.29) is 24.4 Å². The fraction of sp³-hybridized carbons (Fsp3) is 0.429. The van der Waals surface area contributed by atoms with Gasteiger partial charge in [-0.15, -0.1) is 0 Å². The minimum absolute atomic E-state index is 0.110. The number of rotatable bonds is 10. The van der Waals surface area contributed by atoms with Crippen molar-refractivity contribution in [2.45, 2.75) is 25.3 Å². The van der Waals surface area contributed by atoms with E-state index >= 15 is 0 Å². The van der Waals surface area contributed by atoms with Gasteiger partial charge in [-0.3, -0.25) is 9.10 Å². The van der Waals surface area contributed by atoms with Gasteiger partial charge in [-0.25, -0.2) is 17.8 Å². The summed E-state index contributed by atoms with van der Waals surface area (Å²) in [6.45, 7) is 0.356. The van der Waals surface area contributed by atoms with E-state index in [1.165, 1.54) is 25.2 Å². The summed E-state index contributed by atoms with van der Waals surface area (Å²) in [5.41, 5.74) is 0.842. The van der Waals surface area contributed by atoms with Gasteiger partial charge in [-0.1, -0.05) is 12.1 Å². The fourth-order valence-corrected chi connectivity index (χ4v) is 3.45. The number of hydrogen-bond donors (Lipinski definition) is 3. The molecule has 31 heavy (non-hydrogen) atoms. The number of nitrogens with one attached hydrogen (secondary N) is 2. The molecular weight excluding hydrogens is 423 g/mol. The largest absolute Gasteiger partial charge is 0.394 e. The molecule has 1 aromatic heterocycles. The molecule has 8 nitrogen and oxygen atoms in total. The molecule has 2 aromatic rings. The number of amides is 1. The zero-order chi connectivity index (χ0) is 22.6. The van der Waals surface area contributed by atoms with Crippen LogP contribution in [0.25, 0.3) is 0 Å². The van der Waals surface area contributed by atoms with E-state index in [9.17, 15) is 22.7 Å². The quantitative estimate of drug-likeness (QED) is 0.509. The number of anilines is 2. The van der Waals surface area contributed by atoms with Gasteiger partial charge in [0.05, 0.1) is 18.9 Å². The highest BCUT2D eigenvalue weighted by Gasteiger charge is 2.23. The summed E-state index contributed by atoms with van der Waals surface area (Å²) in [6, 6.07) is 8.24. The number of pyridine rings is 1. The lowest BCUT2D eigenvalue weighted by Crippen LogP contribution is -2.39. The smallest absolute Gasteiger partial charge is 0.251 e. The second-order valence-electron chi connectivity index (χ2n) is 7.84. The Kier molecular flexibility index (Phi) is 7.11. The van der Waals surface area contributed by atoms with Gasteiger partial charge < -0.3 is 15.7 Å². The lowest BCUT2D eigenvalue weighted by atomic mass is 10.1. The number of carbonyl (C=O) groups excluding carboxylic acids is 1. The predicted molar refractivity (Wildman–Crippen MR) is 117 cm³/mol. The Morgan fingerprint density at radius 1 is 1.32 bits per heavy atom. The monoisotopic (exact) mass is 450 g/mol. The molecule has 0 unspecified atom stereocenters. The maximum Gasteiger partial charge on any atom is 0.251 e. The fourth-order valence-electron chi connectivity index (χ4n) is 3.02. The first-order chi connectivity index (χ1) is 14.7. The predicted octanol–water partition coefficient (Wildman–Crippen LogP) is 1.77. The Hall–Kier alpha value is -2.72. The van der Waals surface area contributed by atoms with E-state index in [1.54, 1.807) is 18.2 Å². The van der Waals surface area contributed by atoms with Crippen molar-refractivity contribution in [2.75, 3.05) is 36.1 Å². The molecule has 3 N–H and O–H groups in total. The summed E-state index contributed by atoms with van der Waals surface area (Å²) in [5.74, 6) is 0.181. The molecular formula is C21H27FN4O4S. The third-order valence-corrected chi connectivity index (χ3v) is 6.27. The van der Waals surface area contributed by atoms with Crippen LogP contribution < -0.4 is 14.9 Å². The van der Waals surface area contributed by atoms with Crippen LogP contribution in [0.3, 0.4) is 0 Å². The van der Waals surface area contributed by atoms with E-state index in [1.807, 2.05) is 0 Å². The van der Waals surface area contributed by atoms with Gasteiger partial charge in [-0.2, -0.15) is 0 Å². The first kappa shape index (κ1) is 23.0. The molecule has 1 fully saturated rings. The van der Waals surface area contributed by atoms with Crippen molar-refractivity contribution in [3.8, 4) is 0 Å². The zero-order valence-corrected chi connectivity index (χ0v) is 18.3. The number of benzene rings is 1. The summed E-state index contributed by atoms with van der Waals surface area (Å²) in [6.07, 6.45) is 3.55. The molecule has 1 amide bonds. The highest BCUT2D eigenvalue weighted by Crippen LogP contribution is 2.29. The summed E-state index contributed by atoms with van der Waals surface area (Å²) in [4.78, 5) is 17.2. The molecule has 1 aromatic carbocycles. The van der Waals surface area contributed by atoms with Crippen LogP contribution in [0, 0.1) is 11.7 Å². The maximum absolute atomic E-state index is 13.4. The number of halogens is 1. The molecule has 3 rings (SSSR count). The normalized spacial score (nSPS) is 14.7. The van der Waals surface area contributed by atoms with Crippen LogP contribution in [0.4, 0.5) is 16.0 Å². The molecule has 0 spiro atoms. The molecule has 0 bridgehead atoms. The molecule has 10 heteroatoms. The summed E-state index contributed by atoms with van der Waals surface area (Å²) in [7, 11) is -2.21. The van der Waals surface area contributed by atoms with Gasteiger partial charge in [0.1, 0.15) is 17.5 Å². The third-order valence-electron chi connectivity index (χ3n) is 5.09. The molecule has 1 aliphatic rings. The molecule has 1 aliphatic carbocycles. The number of carbonyl (C=O) groups is 1. The number of nitrogens with zero attached hydrogens (tertiary/aromatic N) is 2. The molecule has 0 saturated heterocycles. The van der Waals surface area contributed by atoms with Gasteiger partial charge in [-0.05, 0) is 55.0 Å². The topological polar surface area (TPSA) is 112 Å². The molecule has 1 saturated carbocycles. The van der Waals surface area contributed by atoms with E-state index in [2.05, 4.69) is 15.6 Å². The standard InChI is InChI=1S/C21H27FN4O4S/c1-26(31(2,29)30)20-11-16(10-19(25-20)23-12-14-6-7-14)21(28)24-18(13-27)9-15-4-3-5-17(22)8-15/h3-5,8,10-11,14,18,27H,6-7,9,12-13H2,1-2H3,(H,23,25)(H,24,28)/t18-/m0/s1. The number of sulfonamides is 1. The highest BCUT2D eigenvalue weighted by molar-refractivity contribution is 7.92. The Balaban J connectivity index is 1.80. The first-order valence-corrected chi connectivity index (χ1v) is 11.9. The average molecular weight is 451 g/mol. The lowest BCUT2D eigenvalue weighted by Gasteiger charge is -2.20. The van der Waals surface area contributed by atoms with Crippen LogP contribution >= 0.6 is 0 Å². The summed E-state index contributed by atoms with van der Waals surface area (Å²) >= 11 is 0. The van der Waals surface area contributed by atoms with Crippen molar-refractivity contribution >= 4 is 27.6 Å². The molecule has 1 heterocycles. The van der Waals surface area contributed by atoms with Gasteiger partial charge in [0.2, 0.25) is 10.0 Å². The van der Waals surface area contributed by atoms with Crippen molar-refractivity contribution in [1.82, 2.24) is 10.3 Å². The van der Waals surface area contributed by atoms with Crippen molar-refractivity contribution in [1.29, 1.82) is 0 Å². The van der Waals surface area contributed by atoms with Crippen molar-refractivity contribution < 1.29 is 22.7 Å². The average Bonchev–Trinajstić information content (AvgIpc) is 3.54. The van der Waals surface area contributed by atoms with Crippen molar-refractivity contribution in [3.63, 3.8) is 0 Å². The van der Waals surface area contributed by atoms with Gasteiger partial charge in [0.25, 0.3) is 5.91 Å². The highest BCUT2D eigenvalue weighted by atomic mass is 32.2.